The zero-order chi connectivity index (χ0) is 15.1. The Morgan fingerprint density at radius 1 is 1.15 bits per heavy atom. The number of carbonyl (C=O) groups is 2. The minimum absolute atomic E-state index is 0.0352. The Bertz CT molecular complexity index is 483. The number of Topliss-reactive ketones (excluding diaryl/α,β-unsaturated/α-hetero) is 1. The number of aromatic nitrogens is 1. The molecule has 0 radical (unpaired) electrons. The van der Waals surface area contributed by atoms with Crippen LogP contribution in [0.15, 0.2) is 12.1 Å². The van der Waals surface area contributed by atoms with Crippen LogP contribution >= 0.6 is 0 Å². The number of hydrogen-bond acceptors (Lipinski definition) is 5. The fraction of sp³-hybridized carbons (Fsp3) is 0.533. The van der Waals surface area contributed by atoms with Crippen molar-refractivity contribution >= 4 is 11.8 Å². The first-order valence-electron chi connectivity index (χ1n) is 6.53. The number of carbonyl (C=O) groups excluding carboxylic acids is 2. The van der Waals surface area contributed by atoms with E-state index >= 15 is 0 Å². The molecule has 0 N–H and O–H groups in total. The molecule has 1 aromatic heterocycles. The normalized spacial score (nSPS) is 10.7. The van der Waals surface area contributed by atoms with Crippen molar-refractivity contribution in [3.63, 3.8) is 0 Å². The minimum Gasteiger partial charge on any atom is -0.469 e. The van der Waals surface area contributed by atoms with Gasteiger partial charge in [0.05, 0.1) is 25.8 Å². The molecule has 110 valence electrons. The molecule has 0 spiro atoms. The maximum absolute atomic E-state index is 11.8. The third kappa shape index (κ3) is 5.09. The van der Waals surface area contributed by atoms with Crippen LogP contribution in [0.1, 0.15) is 30.8 Å². The van der Waals surface area contributed by atoms with E-state index < -0.39 is 0 Å². The van der Waals surface area contributed by atoms with Crippen LogP contribution in [-0.2, 0) is 38.5 Å². The molecule has 1 aromatic rings. The average molecular weight is 279 g/mol. The molecule has 0 aliphatic rings. The summed E-state index contributed by atoms with van der Waals surface area (Å²) in [6, 6.07) is 3.63. The Kier molecular flexibility index (Phi) is 6.31. The number of pyridine rings is 1. The molecule has 0 aromatic carbocycles. The fourth-order valence-corrected chi connectivity index (χ4v) is 1.75. The van der Waals surface area contributed by atoms with E-state index in [4.69, 9.17) is 4.74 Å². The van der Waals surface area contributed by atoms with Gasteiger partial charge in [0, 0.05) is 25.1 Å². The van der Waals surface area contributed by atoms with E-state index in [1.165, 1.54) is 7.11 Å². The molecular formula is C15H21NO4. The Morgan fingerprint density at radius 3 is 2.25 bits per heavy atom. The van der Waals surface area contributed by atoms with E-state index in [-0.39, 0.29) is 30.5 Å². The minimum atomic E-state index is -0.354. The van der Waals surface area contributed by atoms with Gasteiger partial charge in [-0.1, -0.05) is 13.8 Å². The summed E-state index contributed by atoms with van der Waals surface area (Å²) in [6.45, 7) is 4.13. The van der Waals surface area contributed by atoms with Gasteiger partial charge in [-0.2, -0.15) is 0 Å². The molecular weight excluding hydrogens is 258 g/mol. The van der Waals surface area contributed by atoms with Gasteiger partial charge in [0.15, 0.2) is 0 Å². The van der Waals surface area contributed by atoms with Gasteiger partial charge < -0.3 is 9.47 Å². The van der Waals surface area contributed by atoms with Crippen molar-refractivity contribution in [2.75, 3.05) is 14.2 Å². The number of ether oxygens (including phenoxy) is 2. The highest BCUT2D eigenvalue weighted by Gasteiger charge is 2.13. The van der Waals surface area contributed by atoms with E-state index in [0.717, 1.165) is 5.56 Å². The third-order valence-electron chi connectivity index (χ3n) is 2.85. The van der Waals surface area contributed by atoms with Crippen molar-refractivity contribution < 1.29 is 19.1 Å². The first kappa shape index (κ1) is 16.3. The first-order chi connectivity index (χ1) is 9.46. The summed E-state index contributed by atoms with van der Waals surface area (Å²) >= 11 is 0. The summed E-state index contributed by atoms with van der Waals surface area (Å²) in [5, 5.41) is 0. The predicted octanol–water partition coefficient (Wildman–Crippen LogP) is 1.71. The van der Waals surface area contributed by atoms with E-state index in [0.29, 0.717) is 18.0 Å². The molecule has 0 unspecified atom stereocenters. The second-order valence-electron chi connectivity index (χ2n) is 4.94. The van der Waals surface area contributed by atoms with E-state index in [9.17, 15) is 9.59 Å². The molecule has 0 atom stereocenters. The van der Waals surface area contributed by atoms with Gasteiger partial charge in [0.25, 0.3) is 0 Å². The van der Waals surface area contributed by atoms with Crippen LogP contribution in [0.25, 0.3) is 0 Å². The summed E-state index contributed by atoms with van der Waals surface area (Å²) < 4.78 is 9.73. The summed E-state index contributed by atoms with van der Waals surface area (Å²) in [5.41, 5.74) is 2.16. The summed E-state index contributed by atoms with van der Waals surface area (Å²) in [7, 11) is 2.93. The number of hydrogen-bond donors (Lipinski definition) is 0. The lowest BCUT2D eigenvalue weighted by Gasteiger charge is -2.09. The van der Waals surface area contributed by atoms with Crippen LogP contribution in [-0.4, -0.2) is 31.0 Å². The number of rotatable bonds is 7. The highest BCUT2D eigenvalue weighted by Crippen LogP contribution is 2.11. The SMILES string of the molecule is COCc1cc(CC(=O)OC)nc(CC(=O)C(C)C)c1. The molecule has 5 heteroatoms. The van der Waals surface area contributed by atoms with E-state index in [2.05, 4.69) is 9.72 Å². The number of esters is 1. The lowest BCUT2D eigenvalue weighted by Crippen LogP contribution is -2.14. The van der Waals surface area contributed by atoms with Crippen LogP contribution < -0.4 is 0 Å². The zero-order valence-electron chi connectivity index (χ0n) is 12.4. The van der Waals surface area contributed by atoms with Gasteiger partial charge >= 0.3 is 5.97 Å². The van der Waals surface area contributed by atoms with Crippen molar-refractivity contribution in [1.29, 1.82) is 0 Å². The molecule has 1 heterocycles. The fourth-order valence-electron chi connectivity index (χ4n) is 1.75. The molecule has 1 rings (SSSR count). The van der Waals surface area contributed by atoms with Gasteiger partial charge in [-0.15, -0.1) is 0 Å². The standard InChI is InChI=1S/C15H21NO4/c1-10(2)14(17)7-12-5-11(9-19-3)6-13(16-12)8-15(18)20-4/h5-6,10H,7-9H2,1-4H3. The Balaban J connectivity index is 2.97. The summed E-state index contributed by atoms with van der Waals surface area (Å²) in [5.74, 6) is -0.267. The molecule has 20 heavy (non-hydrogen) atoms. The van der Waals surface area contributed by atoms with E-state index in [1.54, 1.807) is 13.2 Å². The second kappa shape index (κ2) is 7.75. The first-order valence-corrected chi connectivity index (χ1v) is 6.53. The number of nitrogens with zero attached hydrogens (tertiary/aromatic N) is 1. The molecule has 0 bridgehead atoms. The predicted molar refractivity (Wildman–Crippen MR) is 74.2 cm³/mol. The monoisotopic (exact) mass is 279 g/mol. The highest BCUT2D eigenvalue weighted by atomic mass is 16.5. The molecule has 0 aliphatic heterocycles. The highest BCUT2D eigenvalue weighted by molar-refractivity contribution is 5.82. The van der Waals surface area contributed by atoms with Gasteiger partial charge in [0.1, 0.15) is 5.78 Å². The van der Waals surface area contributed by atoms with Crippen LogP contribution in [0.5, 0.6) is 0 Å². The molecule has 0 fully saturated rings. The molecule has 0 saturated heterocycles. The lowest BCUT2D eigenvalue weighted by atomic mass is 10.0. The molecule has 0 saturated carbocycles. The van der Waals surface area contributed by atoms with Crippen molar-refractivity contribution in [3.8, 4) is 0 Å². The number of methoxy groups -OCH3 is 2. The topological polar surface area (TPSA) is 65.5 Å². The smallest absolute Gasteiger partial charge is 0.311 e. The quantitative estimate of drug-likeness (QED) is 0.711. The maximum atomic E-state index is 11.8. The van der Waals surface area contributed by atoms with E-state index in [1.807, 2.05) is 19.9 Å². The third-order valence-corrected chi connectivity index (χ3v) is 2.85. The summed E-state index contributed by atoms with van der Waals surface area (Å²) in [4.78, 5) is 27.5. The molecule has 0 aliphatic carbocycles. The number of ketones is 1. The van der Waals surface area contributed by atoms with Crippen LogP contribution in [0.4, 0.5) is 0 Å². The van der Waals surface area contributed by atoms with Gasteiger partial charge in [-0.3, -0.25) is 14.6 Å². The van der Waals surface area contributed by atoms with Crippen molar-refractivity contribution in [2.24, 2.45) is 5.92 Å². The molecule has 5 nitrogen and oxygen atoms in total. The maximum Gasteiger partial charge on any atom is 0.311 e. The molecule has 0 amide bonds. The second-order valence-corrected chi connectivity index (χ2v) is 4.94. The lowest BCUT2D eigenvalue weighted by molar-refractivity contribution is -0.139. The Morgan fingerprint density at radius 2 is 1.75 bits per heavy atom. The van der Waals surface area contributed by atoms with Crippen molar-refractivity contribution in [3.05, 3.63) is 29.1 Å². The van der Waals surface area contributed by atoms with Crippen LogP contribution in [0, 0.1) is 5.92 Å². The Hall–Kier alpha value is -1.75. The van der Waals surface area contributed by atoms with Crippen molar-refractivity contribution in [2.45, 2.75) is 33.3 Å². The zero-order valence-corrected chi connectivity index (χ0v) is 12.4. The van der Waals surface area contributed by atoms with Crippen LogP contribution in [0.2, 0.25) is 0 Å². The van der Waals surface area contributed by atoms with Gasteiger partial charge in [-0.25, -0.2) is 0 Å². The van der Waals surface area contributed by atoms with Crippen molar-refractivity contribution in [1.82, 2.24) is 4.98 Å². The van der Waals surface area contributed by atoms with Crippen LogP contribution in [0.3, 0.4) is 0 Å². The average Bonchev–Trinajstić information content (AvgIpc) is 2.38. The van der Waals surface area contributed by atoms with Gasteiger partial charge in [-0.05, 0) is 17.7 Å². The van der Waals surface area contributed by atoms with Gasteiger partial charge in [0.2, 0.25) is 0 Å². The largest absolute Gasteiger partial charge is 0.469 e. The Labute approximate surface area is 119 Å². The summed E-state index contributed by atoms with van der Waals surface area (Å²) in [6.07, 6.45) is 0.361.